The number of amides is 2. The van der Waals surface area contributed by atoms with Gasteiger partial charge in [0, 0.05) is 32.1 Å². The van der Waals surface area contributed by atoms with Crippen LogP contribution in [0.25, 0.3) is 0 Å². The molecule has 0 radical (unpaired) electrons. The minimum absolute atomic E-state index is 0.00691. The van der Waals surface area contributed by atoms with Gasteiger partial charge in [0.1, 0.15) is 5.75 Å². The maximum Gasteiger partial charge on any atom is 0.260 e. The lowest BCUT2D eigenvalue weighted by Crippen LogP contribution is -2.52. The van der Waals surface area contributed by atoms with E-state index in [4.69, 9.17) is 4.74 Å². The lowest BCUT2D eigenvalue weighted by atomic mass is 10.1. The molecule has 2 aliphatic rings. The van der Waals surface area contributed by atoms with Gasteiger partial charge in [-0.25, -0.2) is 0 Å². The van der Waals surface area contributed by atoms with Gasteiger partial charge in [0.25, 0.3) is 5.91 Å². The number of piperazine rings is 1. The number of hydrogen-bond acceptors (Lipinski definition) is 3. The van der Waals surface area contributed by atoms with Crippen LogP contribution < -0.4 is 4.74 Å². The molecular weight excluding hydrogens is 316 g/mol. The summed E-state index contributed by atoms with van der Waals surface area (Å²) in [4.78, 5) is 28.5. The fraction of sp³-hybridized carbons (Fsp3) is 0.600. The third-order valence-electron chi connectivity index (χ3n) is 5.34. The predicted molar refractivity (Wildman–Crippen MR) is 96.4 cm³/mol. The predicted octanol–water partition coefficient (Wildman–Crippen LogP) is 2.49. The summed E-state index contributed by atoms with van der Waals surface area (Å²) in [5, 5.41) is 0. The Labute approximate surface area is 149 Å². The Kier molecular flexibility index (Phi) is 5.95. The lowest BCUT2D eigenvalue weighted by molar-refractivity contribution is -0.142. The molecule has 2 amide bonds. The lowest BCUT2D eigenvalue weighted by Gasteiger charge is -2.36. The summed E-state index contributed by atoms with van der Waals surface area (Å²) in [6.07, 6.45) is 5.39. The van der Waals surface area contributed by atoms with Gasteiger partial charge >= 0.3 is 0 Å². The average molecular weight is 344 g/mol. The Hall–Kier alpha value is -2.04. The summed E-state index contributed by atoms with van der Waals surface area (Å²) in [6.45, 7) is 4.67. The van der Waals surface area contributed by atoms with Gasteiger partial charge in [-0.3, -0.25) is 9.59 Å². The second-order valence-corrected chi connectivity index (χ2v) is 6.97. The van der Waals surface area contributed by atoms with E-state index in [1.807, 2.05) is 29.2 Å². The smallest absolute Gasteiger partial charge is 0.260 e. The van der Waals surface area contributed by atoms with Gasteiger partial charge in [-0.1, -0.05) is 31.9 Å². The van der Waals surface area contributed by atoms with E-state index in [-0.39, 0.29) is 24.3 Å². The molecule has 1 aromatic carbocycles. The molecule has 3 rings (SSSR count). The normalized spacial score (nSPS) is 18.4. The van der Waals surface area contributed by atoms with Crippen molar-refractivity contribution in [3.05, 3.63) is 29.8 Å². The molecule has 1 saturated carbocycles. The van der Waals surface area contributed by atoms with Crippen LogP contribution in [-0.2, 0) is 16.0 Å². The first kappa shape index (κ1) is 17.8. The van der Waals surface area contributed by atoms with Crippen molar-refractivity contribution in [1.82, 2.24) is 9.80 Å². The van der Waals surface area contributed by atoms with Crippen LogP contribution in [0.1, 0.15) is 38.2 Å². The first-order valence-electron chi connectivity index (χ1n) is 9.45. The Bertz CT molecular complexity index is 585. The number of ether oxygens (including phenoxy) is 1. The molecule has 1 aliphatic carbocycles. The SMILES string of the molecule is CCc1ccc(OCC(=O)N2CCN(C(=O)C3CCCC3)CC2)cc1. The zero-order chi connectivity index (χ0) is 17.6. The number of carbonyl (C=O) groups excluding carboxylic acids is 2. The number of nitrogens with zero attached hydrogens (tertiary/aromatic N) is 2. The minimum Gasteiger partial charge on any atom is -0.484 e. The van der Waals surface area contributed by atoms with Crippen LogP contribution in [-0.4, -0.2) is 54.4 Å². The Morgan fingerprint density at radius 2 is 1.60 bits per heavy atom. The van der Waals surface area contributed by atoms with Crippen LogP contribution in [0.15, 0.2) is 24.3 Å². The molecule has 25 heavy (non-hydrogen) atoms. The molecule has 0 atom stereocenters. The van der Waals surface area contributed by atoms with Gasteiger partial charge in [-0.15, -0.1) is 0 Å². The van der Waals surface area contributed by atoms with Crippen molar-refractivity contribution in [1.29, 1.82) is 0 Å². The Balaban J connectivity index is 1.42. The van der Waals surface area contributed by atoms with Crippen molar-refractivity contribution in [2.24, 2.45) is 5.92 Å². The van der Waals surface area contributed by atoms with Gasteiger partial charge in [-0.2, -0.15) is 0 Å². The van der Waals surface area contributed by atoms with Crippen molar-refractivity contribution in [2.75, 3.05) is 32.8 Å². The highest BCUT2D eigenvalue weighted by atomic mass is 16.5. The van der Waals surface area contributed by atoms with E-state index in [0.717, 1.165) is 25.0 Å². The topological polar surface area (TPSA) is 49.9 Å². The molecular formula is C20H28N2O3. The highest BCUT2D eigenvalue weighted by molar-refractivity contribution is 5.80. The summed E-state index contributed by atoms with van der Waals surface area (Å²) >= 11 is 0. The molecule has 1 heterocycles. The van der Waals surface area contributed by atoms with Gasteiger partial charge < -0.3 is 14.5 Å². The monoisotopic (exact) mass is 344 g/mol. The van der Waals surface area contributed by atoms with E-state index >= 15 is 0 Å². The number of hydrogen-bond donors (Lipinski definition) is 0. The number of benzene rings is 1. The quantitative estimate of drug-likeness (QED) is 0.825. The zero-order valence-electron chi connectivity index (χ0n) is 15.1. The maximum absolute atomic E-state index is 12.4. The summed E-state index contributed by atoms with van der Waals surface area (Å²) in [6, 6.07) is 7.86. The van der Waals surface area contributed by atoms with Crippen molar-refractivity contribution in [2.45, 2.75) is 39.0 Å². The number of aryl methyl sites for hydroxylation is 1. The fourth-order valence-corrected chi connectivity index (χ4v) is 3.66. The van der Waals surface area contributed by atoms with E-state index in [2.05, 4.69) is 6.92 Å². The molecule has 5 nitrogen and oxygen atoms in total. The average Bonchev–Trinajstić information content (AvgIpc) is 3.21. The summed E-state index contributed by atoms with van der Waals surface area (Å²) < 4.78 is 5.60. The Morgan fingerprint density at radius 1 is 1.00 bits per heavy atom. The van der Waals surface area contributed by atoms with Crippen molar-refractivity contribution in [3.63, 3.8) is 0 Å². The van der Waals surface area contributed by atoms with Crippen LogP contribution >= 0.6 is 0 Å². The molecule has 136 valence electrons. The summed E-state index contributed by atoms with van der Waals surface area (Å²) in [5.74, 6) is 1.22. The molecule has 0 unspecified atom stereocenters. The molecule has 0 spiro atoms. The minimum atomic E-state index is -0.00691. The second-order valence-electron chi connectivity index (χ2n) is 6.97. The molecule has 0 N–H and O–H groups in total. The molecule has 0 aromatic heterocycles. The molecule has 1 aliphatic heterocycles. The van der Waals surface area contributed by atoms with Gasteiger partial charge in [-0.05, 0) is 37.0 Å². The molecule has 5 heteroatoms. The first-order valence-corrected chi connectivity index (χ1v) is 9.45. The van der Waals surface area contributed by atoms with Crippen LogP contribution in [0.4, 0.5) is 0 Å². The fourth-order valence-electron chi connectivity index (χ4n) is 3.66. The van der Waals surface area contributed by atoms with Gasteiger partial charge in [0.2, 0.25) is 5.91 Å². The third kappa shape index (κ3) is 4.53. The number of rotatable bonds is 5. The Morgan fingerprint density at radius 3 is 2.20 bits per heavy atom. The standard InChI is InChI=1S/C20H28N2O3/c1-2-16-7-9-18(10-8-16)25-15-19(23)21-11-13-22(14-12-21)20(24)17-5-3-4-6-17/h7-10,17H,2-6,11-15H2,1H3. The van der Waals surface area contributed by atoms with Gasteiger partial charge in [0.05, 0.1) is 0 Å². The van der Waals surface area contributed by atoms with E-state index in [9.17, 15) is 9.59 Å². The van der Waals surface area contributed by atoms with Crippen molar-refractivity contribution < 1.29 is 14.3 Å². The van der Waals surface area contributed by atoms with Crippen LogP contribution in [0, 0.1) is 5.92 Å². The summed E-state index contributed by atoms with van der Waals surface area (Å²) in [7, 11) is 0. The molecule has 2 fully saturated rings. The van der Waals surface area contributed by atoms with Crippen LogP contribution in [0.5, 0.6) is 5.75 Å². The highest BCUT2D eigenvalue weighted by Crippen LogP contribution is 2.26. The van der Waals surface area contributed by atoms with Crippen LogP contribution in [0.2, 0.25) is 0 Å². The molecule has 1 aromatic rings. The van der Waals surface area contributed by atoms with E-state index in [1.165, 1.54) is 18.4 Å². The summed E-state index contributed by atoms with van der Waals surface area (Å²) in [5.41, 5.74) is 1.25. The van der Waals surface area contributed by atoms with E-state index in [1.54, 1.807) is 4.90 Å². The third-order valence-corrected chi connectivity index (χ3v) is 5.34. The van der Waals surface area contributed by atoms with E-state index < -0.39 is 0 Å². The maximum atomic E-state index is 12.4. The van der Waals surface area contributed by atoms with Crippen LogP contribution in [0.3, 0.4) is 0 Å². The highest BCUT2D eigenvalue weighted by Gasteiger charge is 2.30. The van der Waals surface area contributed by atoms with Gasteiger partial charge in [0.15, 0.2) is 6.61 Å². The first-order chi connectivity index (χ1) is 12.2. The molecule has 0 bridgehead atoms. The van der Waals surface area contributed by atoms with E-state index in [0.29, 0.717) is 26.2 Å². The van der Waals surface area contributed by atoms with Crippen molar-refractivity contribution in [3.8, 4) is 5.75 Å². The zero-order valence-corrected chi connectivity index (χ0v) is 15.1. The number of carbonyl (C=O) groups is 2. The van der Waals surface area contributed by atoms with Crippen molar-refractivity contribution >= 4 is 11.8 Å². The largest absolute Gasteiger partial charge is 0.484 e. The molecule has 1 saturated heterocycles. The second kappa shape index (κ2) is 8.37.